The molecule has 0 saturated carbocycles. The molecule has 1 aromatic rings. The van der Waals surface area contributed by atoms with Gasteiger partial charge in [0.15, 0.2) is 5.79 Å². The highest BCUT2D eigenvalue weighted by Gasteiger charge is 2.42. The monoisotopic (exact) mass is 251 g/mol. The van der Waals surface area contributed by atoms with Crippen molar-refractivity contribution in [2.24, 2.45) is 0 Å². The zero-order valence-electron chi connectivity index (χ0n) is 11.0. The fraction of sp³-hybridized carbons (Fsp3) is 0.571. The maximum absolute atomic E-state index is 10.2. The Labute approximate surface area is 108 Å². The minimum absolute atomic E-state index is 0.566. The van der Waals surface area contributed by atoms with Gasteiger partial charge in [0.2, 0.25) is 0 Å². The Balaban J connectivity index is 1.96. The number of piperidine rings is 1. The summed E-state index contributed by atoms with van der Waals surface area (Å²) in [6, 6.07) is 10.3. The van der Waals surface area contributed by atoms with Gasteiger partial charge in [0.25, 0.3) is 0 Å². The van der Waals surface area contributed by atoms with Crippen LogP contribution in [-0.2, 0) is 16.0 Å². The van der Waals surface area contributed by atoms with E-state index in [0.717, 1.165) is 13.1 Å². The molecule has 0 bridgehead atoms. The van der Waals surface area contributed by atoms with Gasteiger partial charge in [-0.3, -0.25) is 4.90 Å². The van der Waals surface area contributed by atoms with Crippen molar-refractivity contribution in [2.75, 3.05) is 27.3 Å². The Morgan fingerprint density at radius 2 is 1.94 bits per heavy atom. The van der Waals surface area contributed by atoms with Crippen LogP contribution >= 0.6 is 0 Å². The number of rotatable bonds is 4. The van der Waals surface area contributed by atoms with E-state index in [1.165, 1.54) is 5.56 Å². The number of hydrogen-bond donors (Lipinski definition) is 1. The Kier molecular flexibility index (Phi) is 4.35. The minimum atomic E-state index is -0.840. The molecule has 1 aliphatic rings. The number of likely N-dealkylation sites (tertiary alicyclic amines) is 1. The maximum Gasteiger partial charge on any atom is 0.196 e. The lowest BCUT2D eigenvalue weighted by Gasteiger charge is -2.43. The molecule has 1 aliphatic heterocycles. The second-order valence-corrected chi connectivity index (χ2v) is 4.71. The molecule has 0 unspecified atom stereocenters. The smallest absolute Gasteiger partial charge is 0.196 e. The van der Waals surface area contributed by atoms with Crippen LogP contribution in [0.1, 0.15) is 12.0 Å². The average Bonchev–Trinajstić information content (AvgIpc) is 2.41. The first-order chi connectivity index (χ1) is 8.70. The van der Waals surface area contributed by atoms with Crippen LogP contribution in [-0.4, -0.2) is 49.2 Å². The first-order valence-corrected chi connectivity index (χ1v) is 6.25. The van der Waals surface area contributed by atoms with E-state index in [2.05, 4.69) is 17.0 Å². The van der Waals surface area contributed by atoms with Crippen LogP contribution in [0.3, 0.4) is 0 Å². The SMILES string of the molecule is COC1(OC)CCN(Cc2ccccc2)C[C@@H]1O. The van der Waals surface area contributed by atoms with Gasteiger partial charge in [0.05, 0.1) is 0 Å². The Bertz CT molecular complexity index is 365. The second-order valence-electron chi connectivity index (χ2n) is 4.71. The first-order valence-electron chi connectivity index (χ1n) is 6.25. The van der Waals surface area contributed by atoms with Crippen LogP contribution in [0.25, 0.3) is 0 Å². The van der Waals surface area contributed by atoms with E-state index in [1.807, 2.05) is 18.2 Å². The van der Waals surface area contributed by atoms with Gasteiger partial charge in [0.1, 0.15) is 6.10 Å². The second kappa shape index (κ2) is 5.80. The van der Waals surface area contributed by atoms with Gasteiger partial charge in [-0.25, -0.2) is 0 Å². The van der Waals surface area contributed by atoms with Crippen LogP contribution in [0.15, 0.2) is 30.3 Å². The normalized spacial score (nSPS) is 24.1. The van der Waals surface area contributed by atoms with E-state index in [0.29, 0.717) is 13.0 Å². The molecule has 0 spiro atoms. The summed E-state index contributed by atoms with van der Waals surface area (Å²) in [5.74, 6) is -0.840. The van der Waals surface area contributed by atoms with Crippen LogP contribution < -0.4 is 0 Å². The average molecular weight is 251 g/mol. The van der Waals surface area contributed by atoms with Crippen molar-refractivity contribution in [2.45, 2.75) is 24.9 Å². The van der Waals surface area contributed by atoms with Gasteiger partial charge in [-0.15, -0.1) is 0 Å². The fourth-order valence-electron chi connectivity index (χ4n) is 2.50. The summed E-state index contributed by atoms with van der Waals surface area (Å²) in [5.41, 5.74) is 1.26. The Hall–Kier alpha value is -0.940. The minimum Gasteiger partial charge on any atom is -0.386 e. The number of nitrogens with zero attached hydrogens (tertiary/aromatic N) is 1. The Morgan fingerprint density at radius 3 is 2.50 bits per heavy atom. The summed E-state index contributed by atoms with van der Waals surface area (Å²) < 4.78 is 10.7. The summed E-state index contributed by atoms with van der Waals surface area (Å²) in [7, 11) is 3.17. The number of aliphatic hydroxyl groups is 1. The van der Waals surface area contributed by atoms with E-state index in [4.69, 9.17) is 9.47 Å². The molecule has 4 heteroatoms. The molecule has 1 atom stereocenters. The van der Waals surface area contributed by atoms with Gasteiger partial charge < -0.3 is 14.6 Å². The molecule has 1 fully saturated rings. The van der Waals surface area contributed by atoms with Gasteiger partial charge in [-0.05, 0) is 5.56 Å². The highest BCUT2D eigenvalue weighted by atomic mass is 16.7. The third-order valence-corrected chi connectivity index (χ3v) is 3.66. The van der Waals surface area contributed by atoms with Crippen LogP contribution in [0.4, 0.5) is 0 Å². The van der Waals surface area contributed by atoms with Crippen molar-refractivity contribution in [1.82, 2.24) is 4.90 Å². The van der Waals surface area contributed by atoms with Gasteiger partial charge in [0, 0.05) is 40.3 Å². The number of β-amino-alcohol motifs (C(OH)–C–C–N with tert-alkyl or cyclic N) is 1. The molecule has 4 nitrogen and oxygen atoms in total. The molecular formula is C14H21NO3. The molecule has 100 valence electrons. The zero-order valence-corrected chi connectivity index (χ0v) is 11.0. The van der Waals surface area contributed by atoms with E-state index in [-0.39, 0.29) is 0 Å². The molecule has 1 saturated heterocycles. The molecule has 0 amide bonds. The molecule has 0 radical (unpaired) electrons. The number of aliphatic hydroxyl groups excluding tert-OH is 1. The van der Waals surface area contributed by atoms with Crippen LogP contribution in [0.5, 0.6) is 0 Å². The van der Waals surface area contributed by atoms with Gasteiger partial charge >= 0.3 is 0 Å². The molecular weight excluding hydrogens is 230 g/mol. The lowest BCUT2D eigenvalue weighted by atomic mass is 9.99. The third kappa shape index (κ3) is 2.72. The topological polar surface area (TPSA) is 41.9 Å². The van der Waals surface area contributed by atoms with E-state index < -0.39 is 11.9 Å². The maximum atomic E-state index is 10.2. The quantitative estimate of drug-likeness (QED) is 0.818. The first kappa shape index (κ1) is 13.5. The molecule has 0 aromatic heterocycles. The van der Waals surface area contributed by atoms with E-state index >= 15 is 0 Å². The highest BCUT2D eigenvalue weighted by Crippen LogP contribution is 2.27. The molecule has 2 rings (SSSR count). The zero-order chi connectivity index (χ0) is 13.0. The number of ether oxygens (including phenoxy) is 2. The van der Waals surface area contributed by atoms with Crippen LogP contribution in [0, 0.1) is 0 Å². The third-order valence-electron chi connectivity index (χ3n) is 3.66. The molecule has 1 heterocycles. The predicted molar refractivity (Wildman–Crippen MR) is 69.1 cm³/mol. The van der Waals surface area contributed by atoms with Gasteiger partial charge in [-0.2, -0.15) is 0 Å². The summed E-state index contributed by atoms with van der Waals surface area (Å²) >= 11 is 0. The number of benzene rings is 1. The van der Waals surface area contributed by atoms with Crippen molar-refractivity contribution in [3.05, 3.63) is 35.9 Å². The van der Waals surface area contributed by atoms with Crippen molar-refractivity contribution >= 4 is 0 Å². The summed E-state index contributed by atoms with van der Waals surface area (Å²) in [4.78, 5) is 2.22. The van der Waals surface area contributed by atoms with Crippen LogP contribution in [0.2, 0.25) is 0 Å². The van der Waals surface area contributed by atoms with Crippen molar-refractivity contribution in [3.63, 3.8) is 0 Å². The van der Waals surface area contributed by atoms with Gasteiger partial charge in [-0.1, -0.05) is 30.3 Å². The lowest BCUT2D eigenvalue weighted by Crippen LogP contribution is -2.57. The predicted octanol–water partition coefficient (Wildman–Crippen LogP) is 1.24. The fourth-order valence-corrected chi connectivity index (χ4v) is 2.50. The van der Waals surface area contributed by atoms with Crippen molar-refractivity contribution < 1.29 is 14.6 Å². The summed E-state index contributed by atoms with van der Waals surface area (Å²) in [6.07, 6.45) is 0.0542. The number of hydrogen-bond acceptors (Lipinski definition) is 4. The molecule has 18 heavy (non-hydrogen) atoms. The highest BCUT2D eigenvalue weighted by molar-refractivity contribution is 5.14. The standard InChI is InChI=1S/C14H21NO3/c1-17-14(18-2)8-9-15(11-13(14)16)10-12-6-4-3-5-7-12/h3-7,13,16H,8-11H2,1-2H3/t13-/m0/s1. The van der Waals surface area contributed by atoms with Crippen molar-refractivity contribution in [3.8, 4) is 0 Å². The Morgan fingerprint density at radius 1 is 1.28 bits per heavy atom. The number of methoxy groups -OCH3 is 2. The summed E-state index contributed by atoms with van der Waals surface area (Å²) in [6.45, 7) is 2.27. The molecule has 1 N–H and O–H groups in total. The largest absolute Gasteiger partial charge is 0.386 e. The summed E-state index contributed by atoms with van der Waals surface area (Å²) in [5, 5.41) is 10.2. The van der Waals surface area contributed by atoms with E-state index in [1.54, 1.807) is 14.2 Å². The molecule has 1 aromatic carbocycles. The lowest BCUT2D eigenvalue weighted by molar-refractivity contribution is -0.279. The van der Waals surface area contributed by atoms with Crippen molar-refractivity contribution in [1.29, 1.82) is 0 Å². The molecule has 0 aliphatic carbocycles. The van der Waals surface area contributed by atoms with E-state index in [9.17, 15) is 5.11 Å².